The van der Waals surface area contributed by atoms with Crippen LogP contribution in [0.4, 0.5) is 4.79 Å². The Kier molecular flexibility index (Phi) is 14.5. The molecule has 0 heterocycles. The third-order valence-corrected chi connectivity index (χ3v) is 2.50. The molecule has 7 nitrogen and oxygen atoms in total. The van der Waals surface area contributed by atoms with Gasteiger partial charge in [-0.2, -0.15) is 0 Å². The predicted octanol–water partition coefficient (Wildman–Crippen LogP) is 2.06. The van der Waals surface area contributed by atoms with Crippen LogP contribution >= 0.6 is 24.0 Å². The zero-order chi connectivity index (χ0) is 17.0. The van der Waals surface area contributed by atoms with Crippen molar-refractivity contribution in [3.05, 3.63) is 0 Å². The SMILES string of the molecule is CCNC(=NCCOCC)NCCN(C)C(=O)OC(C)(C)C.I. The Morgan fingerprint density at radius 2 is 1.87 bits per heavy atom. The standard InChI is InChI=1S/C15H32N4O3.HI/c1-7-16-13(18-10-12-21-8-2)17-9-11-19(6)14(20)22-15(3,4)5;/h7-12H2,1-6H3,(H2,16,17,18);1H. The Hall–Kier alpha value is -0.770. The summed E-state index contributed by atoms with van der Waals surface area (Å²) in [6.07, 6.45) is -0.326. The van der Waals surface area contributed by atoms with Gasteiger partial charge < -0.3 is 25.0 Å². The van der Waals surface area contributed by atoms with Gasteiger partial charge in [0, 0.05) is 33.3 Å². The molecule has 0 aliphatic rings. The number of aliphatic imine (C=N–C) groups is 1. The second-order valence-corrected chi connectivity index (χ2v) is 5.79. The minimum absolute atomic E-state index is 0. The van der Waals surface area contributed by atoms with Crippen molar-refractivity contribution in [1.29, 1.82) is 0 Å². The van der Waals surface area contributed by atoms with Gasteiger partial charge in [0.25, 0.3) is 0 Å². The van der Waals surface area contributed by atoms with Gasteiger partial charge in [0.05, 0.1) is 13.2 Å². The van der Waals surface area contributed by atoms with Gasteiger partial charge in [-0.1, -0.05) is 0 Å². The van der Waals surface area contributed by atoms with Crippen molar-refractivity contribution in [1.82, 2.24) is 15.5 Å². The maximum absolute atomic E-state index is 11.8. The van der Waals surface area contributed by atoms with Crippen LogP contribution in [0.3, 0.4) is 0 Å². The number of nitrogens with zero attached hydrogens (tertiary/aromatic N) is 2. The van der Waals surface area contributed by atoms with E-state index in [0.29, 0.717) is 32.8 Å². The molecular formula is C15H33IN4O3. The molecule has 0 atom stereocenters. The Morgan fingerprint density at radius 3 is 2.39 bits per heavy atom. The molecule has 0 spiro atoms. The lowest BCUT2D eigenvalue weighted by Gasteiger charge is -2.24. The molecule has 8 heteroatoms. The van der Waals surface area contributed by atoms with Crippen molar-refractivity contribution in [3.8, 4) is 0 Å². The molecule has 2 N–H and O–H groups in total. The van der Waals surface area contributed by atoms with Crippen LogP contribution in [0.5, 0.6) is 0 Å². The zero-order valence-electron chi connectivity index (χ0n) is 15.3. The van der Waals surface area contributed by atoms with Gasteiger partial charge in [-0.25, -0.2) is 4.79 Å². The van der Waals surface area contributed by atoms with Crippen molar-refractivity contribution < 1.29 is 14.3 Å². The van der Waals surface area contributed by atoms with Gasteiger partial charge in [0.15, 0.2) is 5.96 Å². The molecule has 0 aliphatic heterocycles. The molecule has 0 bridgehead atoms. The molecule has 0 fully saturated rings. The summed E-state index contributed by atoms with van der Waals surface area (Å²) in [5.74, 6) is 0.722. The highest BCUT2D eigenvalue weighted by Crippen LogP contribution is 2.08. The normalized spacial score (nSPS) is 11.5. The molecule has 0 aromatic rings. The maximum atomic E-state index is 11.8. The van der Waals surface area contributed by atoms with Gasteiger partial charge in [0.1, 0.15) is 5.60 Å². The van der Waals surface area contributed by atoms with E-state index in [2.05, 4.69) is 15.6 Å². The number of nitrogens with one attached hydrogen (secondary N) is 2. The zero-order valence-corrected chi connectivity index (χ0v) is 17.6. The van der Waals surface area contributed by atoms with Gasteiger partial charge >= 0.3 is 6.09 Å². The number of ether oxygens (including phenoxy) is 2. The van der Waals surface area contributed by atoms with Crippen LogP contribution < -0.4 is 10.6 Å². The highest BCUT2D eigenvalue weighted by molar-refractivity contribution is 14.0. The Morgan fingerprint density at radius 1 is 1.22 bits per heavy atom. The van der Waals surface area contributed by atoms with Crippen molar-refractivity contribution in [2.45, 2.75) is 40.2 Å². The molecule has 0 rings (SSSR count). The fourth-order valence-electron chi connectivity index (χ4n) is 1.48. The van der Waals surface area contributed by atoms with Crippen molar-refractivity contribution in [3.63, 3.8) is 0 Å². The van der Waals surface area contributed by atoms with Gasteiger partial charge in [-0.05, 0) is 34.6 Å². The average Bonchev–Trinajstić information content (AvgIpc) is 2.41. The second kappa shape index (κ2) is 13.6. The van der Waals surface area contributed by atoms with Crippen LogP contribution in [0.2, 0.25) is 0 Å². The minimum Gasteiger partial charge on any atom is -0.444 e. The fraction of sp³-hybridized carbons (Fsp3) is 0.867. The first-order valence-corrected chi connectivity index (χ1v) is 7.84. The van der Waals surface area contributed by atoms with Crippen LogP contribution in [0.1, 0.15) is 34.6 Å². The van der Waals surface area contributed by atoms with Crippen LogP contribution in [0, 0.1) is 0 Å². The number of hydrogen-bond donors (Lipinski definition) is 2. The van der Waals surface area contributed by atoms with E-state index in [9.17, 15) is 4.79 Å². The molecule has 0 aromatic carbocycles. The van der Waals surface area contributed by atoms with Gasteiger partial charge in [-0.15, -0.1) is 24.0 Å². The third kappa shape index (κ3) is 14.5. The summed E-state index contributed by atoms with van der Waals surface area (Å²) in [7, 11) is 1.72. The first-order chi connectivity index (χ1) is 10.3. The summed E-state index contributed by atoms with van der Waals surface area (Å²) in [6.45, 7) is 13.3. The fourth-order valence-corrected chi connectivity index (χ4v) is 1.48. The summed E-state index contributed by atoms with van der Waals surface area (Å²) < 4.78 is 10.5. The molecule has 0 unspecified atom stereocenters. The number of guanidine groups is 1. The Bertz CT molecular complexity index is 346. The summed E-state index contributed by atoms with van der Waals surface area (Å²) in [5, 5.41) is 6.33. The van der Waals surface area contributed by atoms with Crippen molar-refractivity contribution in [2.24, 2.45) is 4.99 Å². The van der Waals surface area contributed by atoms with E-state index < -0.39 is 5.60 Å². The number of likely N-dealkylation sites (N-methyl/N-ethyl adjacent to an activating group) is 1. The smallest absolute Gasteiger partial charge is 0.410 e. The maximum Gasteiger partial charge on any atom is 0.410 e. The molecule has 0 aliphatic carbocycles. The van der Waals surface area contributed by atoms with E-state index in [1.165, 1.54) is 0 Å². The van der Waals surface area contributed by atoms with Crippen LogP contribution in [0.25, 0.3) is 0 Å². The molecule has 0 aromatic heterocycles. The van der Waals surface area contributed by atoms with E-state index in [0.717, 1.165) is 12.5 Å². The monoisotopic (exact) mass is 444 g/mol. The molecule has 0 saturated heterocycles. The van der Waals surface area contributed by atoms with E-state index in [-0.39, 0.29) is 30.1 Å². The lowest BCUT2D eigenvalue weighted by molar-refractivity contribution is 0.0302. The average molecular weight is 444 g/mol. The van der Waals surface area contributed by atoms with Crippen LogP contribution in [-0.4, -0.2) is 69.0 Å². The summed E-state index contributed by atoms with van der Waals surface area (Å²) in [5.41, 5.74) is -0.478. The highest BCUT2D eigenvalue weighted by atomic mass is 127. The van der Waals surface area contributed by atoms with E-state index in [1.54, 1.807) is 11.9 Å². The van der Waals surface area contributed by atoms with Crippen LogP contribution in [-0.2, 0) is 9.47 Å². The van der Waals surface area contributed by atoms with Crippen molar-refractivity contribution in [2.75, 3.05) is 46.4 Å². The molecule has 0 radical (unpaired) electrons. The third-order valence-electron chi connectivity index (χ3n) is 2.50. The summed E-state index contributed by atoms with van der Waals surface area (Å²) in [6, 6.07) is 0. The summed E-state index contributed by atoms with van der Waals surface area (Å²) >= 11 is 0. The largest absolute Gasteiger partial charge is 0.444 e. The van der Waals surface area contributed by atoms with Gasteiger partial charge in [0.2, 0.25) is 0 Å². The number of carbonyl (C=O) groups excluding carboxylic acids is 1. The summed E-state index contributed by atoms with van der Waals surface area (Å²) in [4.78, 5) is 17.7. The van der Waals surface area contributed by atoms with E-state index >= 15 is 0 Å². The van der Waals surface area contributed by atoms with E-state index in [1.807, 2.05) is 34.6 Å². The Balaban J connectivity index is 0. The van der Waals surface area contributed by atoms with Crippen LogP contribution in [0.15, 0.2) is 4.99 Å². The molecule has 138 valence electrons. The van der Waals surface area contributed by atoms with Crippen molar-refractivity contribution >= 4 is 36.0 Å². The number of amides is 1. The Labute approximate surface area is 157 Å². The highest BCUT2D eigenvalue weighted by Gasteiger charge is 2.19. The molecule has 23 heavy (non-hydrogen) atoms. The number of hydrogen-bond acceptors (Lipinski definition) is 4. The van der Waals surface area contributed by atoms with Gasteiger partial charge in [-0.3, -0.25) is 4.99 Å². The molecule has 1 amide bonds. The minimum atomic E-state index is -0.478. The number of carbonyl (C=O) groups is 1. The van der Waals surface area contributed by atoms with E-state index in [4.69, 9.17) is 9.47 Å². The lowest BCUT2D eigenvalue weighted by Crippen LogP contribution is -2.43. The molecular weight excluding hydrogens is 411 g/mol. The number of halogens is 1. The number of rotatable bonds is 8. The lowest BCUT2D eigenvalue weighted by atomic mass is 10.2. The topological polar surface area (TPSA) is 75.2 Å². The first-order valence-electron chi connectivity index (χ1n) is 7.84. The first kappa shape index (κ1) is 24.5. The quantitative estimate of drug-likeness (QED) is 0.260. The second-order valence-electron chi connectivity index (χ2n) is 5.79. The predicted molar refractivity (Wildman–Crippen MR) is 105 cm³/mol. The molecule has 0 saturated carbocycles.